The molecule has 0 bridgehead atoms. The standard InChI is InChI=1S/C3H8O2.CHCl3/c1-3(5)2-4;2-1(3)4/h3-5H,2H2,1H3;1H. The first-order valence-corrected chi connectivity index (χ1v) is 3.52. The Balaban J connectivity index is 0. The molecule has 1 unspecified atom stereocenters. The molecule has 0 aliphatic rings. The normalized spacial score (nSPS) is 12.3. The van der Waals surface area contributed by atoms with Gasteiger partial charge in [-0.3, -0.25) is 0 Å². The molecule has 2 nitrogen and oxygen atoms in total. The van der Waals surface area contributed by atoms with E-state index in [0.717, 1.165) is 0 Å². The second kappa shape index (κ2) is 8.79. The third kappa shape index (κ3) is 52.1. The minimum atomic E-state index is -0.750. The van der Waals surface area contributed by atoms with Crippen molar-refractivity contribution < 1.29 is 10.2 Å². The summed E-state index contributed by atoms with van der Waals surface area (Å²) in [5.41, 5.74) is 0. The number of hydrogen-bond acceptors (Lipinski definition) is 2. The molecule has 0 aromatic heterocycles. The van der Waals surface area contributed by atoms with E-state index in [0.29, 0.717) is 0 Å². The zero-order chi connectivity index (χ0) is 7.86. The Morgan fingerprint density at radius 2 is 1.44 bits per heavy atom. The number of aliphatic hydroxyl groups is 2. The summed E-state index contributed by atoms with van der Waals surface area (Å²) in [6.07, 6.45) is -0.560. The molecule has 0 spiro atoms. The fourth-order valence-electron chi connectivity index (χ4n) is 0. The Morgan fingerprint density at radius 1 is 1.33 bits per heavy atom. The van der Waals surface area contributed by atoms with Crippen LogP contribution in [0.2, 0.25) is 0 Å². The molecular formula is C4H9Cl3O2. The van der Waals surface area contributed by atoms with Crippen LogP contribution < -0.4 is 0 Å². The van der Waals surface area contributed by atoms with E-state index >= 15 is 0 Å². The van der Waals surface area contributed by atoms with Crippen molar-refractivity contribution in [2.45, 2.75) is 17.3 Å². The molecule has 0 amide bonds. The topological polar surface area (TPSA) is 40.5 Å². The fourth-order valence-corrected chi connectivity index (χ4v) is 0. The summed E-state index contributed by atoms with van der Waals surface area (Å²) in [7, 11) is 0. The van der Waals surface area contributed by atoms with Gasteiger partial charge in [0.2, 0.25) is 0 Å². The van der Waals surface area contributed by atoms with E-state index in [1.165, 1.54) is 6.92 Å². The lowest BCUT2D eigenvalue weighted by Crippen LogP contribution is -2.03. The van der Waals surface area contributed by atoms with E-state index in [2.05, 4.69) is 0 Å². The van der Waals surface area contributed by atoms with Gasteiger partial charge in [0.1, 0.15) is 0 Å². The SMILES string of the molecule is CC(O)CO.ClC(Cl)Cl. The molecule has 2 N–H and O–H groups in total. The average molecular weight is 195 g/mol. The van der Waals surface area contributed by atoms with Crippen LogP contribution in [0, 0.1) is 0 Å². The highest BCUT2D eigenvalue weighted by Crippen LogP contribution is 2.03. The molecule has 0 aliphatic heterocycles. The van der Waals surface area contributed by atoms with Crippen LogP contribution in [0.15, 0.2) is 0 Å². The van der Waals surface area contributed by atoms with Crippen molar-refractivity contribution in [3.8, 4) is 0 Å². The Labute approximate surface area is 69.3 Å². The van der Waals surface area contributed by atoms with Gasteiger partial charge in [0.25, 0.3) is 0 Å². The van der Waals surface area contributed by atoms with Crippen LogP contribution in [-0.4, -0.2) is 27.2 Å². The van der Waals surface area contributed by atoms with Gasteiger partial charge in [0, 0.05) is 0 Å². The zero-order valence-electron chi connectivity index (χ0n) is 4.89. The number of hydrogen-bond donors (Lipinski definition) is 2. The van der Waals surface area contributed by atoms with Gasteiger partial charge in [0.15, 0.2) is 4.30 Å². The lowest BCUT2D eigenvalue weighted by atomic mass is 10.5. The van der Waals surface area contributed by atoms with E-state index in [9.17, 15) is 0 Å². The van der Waals surface area contributed by atoms with Crippen molar-refractivity contribution in [1.82, 2.24) is 0 Å². The quantitative estimate of drug-likeness (QED) is 0.620. The van der Waals surface area contributed by atoms with Crippen LogP contribution in [0.3, 0.4) is 0 Å². The van der Waals surface area contributed by atoms with Crippen LogP contribution in [0.4, 0.5) is 0 Å². The third-order valence-corrected chi connectivity index (χ3v) is 0.264. The highest BCUT2D eigenvalue weighted by atomic mass is 35.6. The van der Waals surface area contributed by atoms with Crippen LogP contribution in [0.1, 0.15) is 6.92 Å². The van der Waals surface area contributed by atoms with E-state index in [1.807, 2.05) is 0 Å². The van der Waals surface area contributed by atoms with Crippen LogP contribution >= 0.6 is 34.8 Å². The average Bonchev–Trinajstić information content (AvgIpc) is 1.65. The predicted octanol–water partition coefficient (Wildman–Crippen LogP) is 1.35. The smallest absolute Gasteiger partial charge is 0.180 e. The van der Waals surface area contributed by atoms with Gasteiger partial charge in [0.05, 0.1) is 12.7 Å². The summed E-state index contributed by atoms with van der Waals surface area (Å²) in [4.78, 5) is 0. The summed E-state index contributed by atoms with van der Waals surface area (Å²) in [6.45, 7) is 1.39. The summed E-state index contributed by atoms with van der Waals surface area (Å²) < 4.78 is -0.750. The van der Waals surface area contributed by atoms with Crippen molar-refractivity contribution in [1.29, 1.82) is 0 Å². The largest absolute Gasteiger partial charge is 0.394 e. The number of rotatable bonds is 1. The van der Waals surface area contributed by atoms with Gasteiger partial charge < -0.3 is 10.2 Å². The summed E-state index contributed by atoms with van der Waals surface area (Å²) in [5, 5.41) is 16.0. The third-order valence-electron chi connectivity index (χ3n) is 0.264. The van der Waals surface area contributed by atoms with Gasteiger partial charge in [-0.1, -0.05) is 34.8 Å². The Morgan fingerprint density at radius 3 is 1.44 bits per heavy atom. The zero-order valence-corrected chi connectivity index (χ0v) is 7.16. The van der Waals surface area contributed by atoms with Crippen molar-refractivity contribution in [2.24, 2.45) is 0 Å². The van der Waals surface area contributed by atoms with E-state index in [-0.39, 0.29) is 6.61 Å². The second-order valence-corrected chi connectivity index (χ2v) is 3.26. The van der Waals surface area contributed by atoms with Crippen LogP contribution in [0.25, 0.3) is 0 Å². The minimum absolute atomic E-state index is 0.139. The molecule has 0 rings (SSSR count). The molecular weight excluding hydrogens is 186 g/mol. The summed E-state index contributed by atoms with van der Waals surface area (Å²) in [6, 6.07) is 0. The number of halogens is 3. The molecule has 0 aliphatic carbocycles. The first-order chi connectivity index (χ1) is 4.00. The molecule has 0 radical (unpaired) electrons. The predicted molar refractivity (Wildman–Crippen MR) is 40.1 cm³/mol. The number of alkyl halides is 3. The summed E-state index contributed by atoms with van der Waals surface area (Å²) in [5.74, 6) is 0. The van der Waals surface area contributed by atoms with E-state index in [4.69, 9.17) is 45.0 Å². The molecule has 9 heavy (non-hydrogen) atoms. The van der Waals surface area contributed by atoms with Gasteiger partial charge in [-0.05, 0) is 6.92 Å². The summed E-state index contributed by atoms with van der Waals surface area (Å²) >= 11 is 14.4. The van der Waals surface area contributed by atoms with E-state index in [1.54, 1.807) is 0 Å². The molecule has 0 heterocycles. The molecule has 58 valence electrons. The lowest BCUT2D eigenvalue weighted by Gasteiger charge is -1.90. The van der Waals surface area contributed by atoms with Gasteiger partial charge in [-0.15, -0.1) is 0 Å². The molecule has 0 saturated carbocycles. The van der Waals surface area contributed by atoms with Gasteiger partial charge >= 0.3 is 0 Å². The highest BCUT2D eigenvalue weighted by molar-refractivity contribution is 6.63. The molecule has 1 atom stereocenters. The van der Waals surface area contributed by atoms with Crippen molar-refractivity contribution >= 4 is 34.8 Å². The van der Waals surface area contributed by atoms with Crippen molar-refractivity contribution in [2.75, 3.05) is 6.61 Å². The molecule has 0 aromatic rings. The maximum absolute atomic E-state index is 8.11. The monoisotopic (exact) mass is 194 g/mol. The minimum Gasteiger partial charge on any atom is -0.394 e. The molecule has 0 fully saturated rings. The molecule has 0 saturated heterocycles. The second-order valence-electron chi connectivity index (χ2n) is 1.28. The maximum atomic E-state index is 8.11. The van der Waals surface area contributed by atoms with Gasteiger partial charge in [-0.2, -0.15) is 0 Å². The Kier molecular flexibility index (Phi) is 12.2. The van der Waals surface area contributed by atoms with Crippen molar-refractivity contribution in [3.63, 3.8) is 0 Å². The fraction of sp³-hybridized carbons (Fsp3) is 1.00. The first-order valence-electron chi connectivity index (χ1n) is 2.21. The first kappa shape index (κ1) is 12.5. The van der Waals surface area contributed by atoms with Crippen molar-refractivity contribution in [3.05, 3.63) is 0 Å². The molecule has 5 heteroatoms. The maximum Gasteiger partial charge on any atom is 0.180 e. The highest BCUT2D eigenvalue weighted by Gasteiger charge is 1.83. The van der Waals surface area contributed by atoms with Gasteiger partial charge in [-0.25, -0.2) is 0 Å². The Hall–Kier alpha value is 0.790. The Bertz CT molecular complexity index is 46.3. The van der Waals surface area contributed by atoms with E-state index < -0.39 is 10.4 Å². The lowest BCUT2D eigenvalue weighted by molar-refractivity contribution is 0.110. The van der Waals surface area contributed by atoms with Crippen LogP contribution in [-0.2, 0) is 0 Å². The van der Waals surface area contributed by atoms with Crippen LogP contribution in [0.5, 0.6) is 0 Å². The molecule has 0 aromatic carbocycles. The number of aliphatic hydroxyl groups excluding tert-OH is 2.